The van der Waals surface area contributed by atoms with E-state index in [0.717, 1.165) is 5.76 Å². The van der Waals surface area contributed by atoms with Gasteiger partial charge in [-0.1, -0.05) is 5.16 Å². The Morgan fingerprint density at radius 1 is 1.18 bits per heavy atom. The van der Waals surface area contributed by atoms with Crippen molar-refractivity contribution in [1.29, 1.82) is 0 Å². The molecule has 1 saturated heterocycles. The zero-order valence-electron chi connectivity index (χ0n) is 11.8. The molecule has 2 aromatic heterocycles. The summed E-state index contributed by atoms with van der Waals surface area (Å²) in [5, 5.41) is 4.02. The molecule has 0 bridgehead atoms. The molecule has 0 aliphatic carbocycles. The number of hydrogen-bond acceptors (Lipinski definition) is 6. The summed E-state index contributed by atoms with van der Waals surface area (Å²) >= 11 is 5.74. The van der Waals surface area contributed by atoms with Gasteiger partial charge in [0, 0.05) is 32.2 Å². The first-order valence-electron chi connectivity index (χ1n) is 6.86. The highest BCUT2D eigenvalue weighted by molar-refractivity contribution is 7.88. The predicted molar refractivity (Wildman–Crippen MR) is 79.7 cm³/mol. The van der Waals surface area contributed by atoms with Crippen LogP contribution in [0.3, 0.4) is 0 Å². The van der Waals surface area contributed by atoms with Crippen LogP contribution in [-0.4, -0.2) is 49.0 Å². The summed E-state index contributed by atoms with van der Waals surface area (Å²) in [6, 6.07) is 5.10. The van der Waals surface area contributed by atoms with Crippen molar-refractivity contribution in [3.05, 3.63) is 41.1 Å². The van der Waals surface area contributed by atoms with E-state index in [-0.39, 0.29) is 5.75 Å². The molecule has 0 unspecified atom stereocenters. The quantitative estimate of drug-likeness (QED) is 0.818. The highest BCUT2D eigenvalue weighted by atomic mass is 35.5. The monoisotopic (exact) mass is 345 g/mol. The van der Waals surface area contributed by atoms with E-state index in [1.807, 2.05) is 6.07 Å². The minimum atomic E-state index is -3.36. The normalized spacial score (nSPS) is 17.9. The second-order valence-electron chi connectivity index (χ2n) is 5.13. The lowest BCUT2D eigenvalue weighted by Gasteiger charge is -2.33. The van der Waals surface area contributed by atoms with Gasteiger partial charge in [0.25, 0.3) is 0 Å². The molecule has 0 saturated carbocycles. The average molecular weight is 346 g/mol. The van der Waals surface area contributed by atoms with Crippen LogP contribution < -0.4 is 0 Å². The van der Waals surface area contributed by atoms with Gasteiger partial charge in [-0.3, -0.25) is 4.90 Å². The SMILES string of the molecule is O=S(=O)(Cc1ccon1)N1CCN(Cc2ccc(Cl)o2)CC1. The molecule has 1 aliphatic heterocycles. The third-order valence-electron chi connectivity index (χ3n) is 3.55. The van der Waals surface area contributed by atoms with Gasteiger partial charge in [0.15, 0.2) is 5.22 Å². The van der Waals surface area contributed by atoms with Crippen LogP contribution in [0.15, 0.2) is 33.4 Å². The largest absolute Gasteiger partial charge is 0.448 e. The Balaban J connectivity index is 1.54. The van der Waals surface area contributed by atoms with E-state index < -0.39 is 10.0 Å². The summed E-state index contributed by atoms with van der Waals surface area (Å²) in [7, 11) is -3.36. The number of nitrogens with zero attached hydrogens (tertiary/aromatic N) is 3. The smallest absolute Gasteiger partial charge is 0.220 e. The molecule has 1 fully saturated rings. The maximum Gasteiger partial charge on any atom is 0.220 e. The molecule has 22 heavy (non-hydrogen) atoms. The van der Waals surface area contributed by atoms with Crippen LogP contribution in [0.25, 0.3) is 0 Å². The van der Waals surface area contributed by atoms with Gasteiger partial charge in [-0.05, 0) is 23.7 Å². The van der Waals surface area contributed by atoms with E-state index in [1.165, 1.54) is 10.6 Å². The van der Waals surface area contributed by atoms with Gasteiger partial charge in [-0.25, -0.2) is 8.42 Å². The lowest BCUT2D eigenvalue weighted by atomic mass is 10.3. The zero-order chi connectivity index (χ0) is 15.6. The fourth-order valence-corrected chi connectivity index (χ4v) is 4.00. The molecule has 7 nitrogen and oxygen atoms in total. The molecule has 2 aromatic rings. The van der Waals surface area contributed by atoms with Gasteiger partial charge in [0.05, 0.1) is 12.2 Å². The van der Waals surface area contributed by atoms with Gasteiger partial charge in [-0.15, -0.1) is 0 Å². The van der Waals surface area contributed by atoms with Crippen molar-refractivity contribution in [3.8, 4) is 0 Å². The van der Waals surface area contributed by atoms with Crippen molar-refractivity contribution >= 4 is 21.6 Å². The maximum atomic E-state index is 12.3. The number of furan rings is 1. The van der Waals surface area contributed by atoms with Crippen LogP contribution in [0.5, 0.6) is 0 Å². The van der Waals surface area contributed by atoms with Crippen LogP contribution in [0, 0.1) is 0 Å². The Hall–Kier alpha value is -1.35. The van der Waals surface area contributed by atoms with E-state index in [2.05, 4.69) is 14.6 Å². The highest BCUT2D eigenvalue weighted by Crippen LogP contribution is 2.17. The lowest BCUT2D eigenvalue weighted by molar-refractivity contribution is 0.171. The number of sulfonamides is 1. The molecule has 0 amide bonds. The molecule has 120 valence electrons. The van der Waals surface area contributed by atoms with Crippen LogP contribution in [0.4, 0.5) is 0 Å². The molecule has 9 heteroatoms. The Kier molecular flexibility index (Phi) is 4.53. The molecule has 1 aliphatic rings. The fourth-order valence-electron chi connectivity index (χ4n) is 2.41. The number of halogens is 1. The third-order valence-corrected chi connectivity index (χ3v) is 5.57. The first-order valence-corrected chi connectivity index (χ1v) is 8.85. The molecule has 0 aromatic carbocycles. The number of piperazine rings is 1. The minimum absolute atomic E-state index is 0.128. The second-order valence-corrected chi connectivity index (χ2v) is 7.47. The van der Waals surface area contributed by atoms with Gasteiger partial charge >= 0.3 is 0 Å². The number of aromatic nitrogens is 1. The van der Waals surface area contributed by atoms with Crippen LogP contribution in [0.1, 0.15) is 11.5 Å². The Morgan fingerprint density at radius 3 is 2.55 bits per heavy atom. The van der Waals surface area contributed by atoms with Gasteiger partial charge in [0.1, 0.15) is 17.8 Å². The standard InChI is InChI=1S/C13H16ClN3O4S/c14-13-2-1-12(21-13)9-16-4-6-17(7-5-16)22(18,19)10-11-3-8-20-15-11/h1-3,8H,4-7,9-10H2. The van der Waals surface area contributed by atoms with E-state index in [1.54, 1.807) is 12.1 Å². The molecule has 0 radical (unpaired) electrons. The molecule has 0 atom stereocenters. The Morgan fingerprint density at radius 2 is 1.95 bits per heavy atom. The predicted octanol–water partition coefficient (Wildman–Crippen LogP) is 1.57. The zero-order valence-corrected chi connectivity index (χ0v) is 13.4. The maximum absolute atomic E-state index is 12.3. The van der Waals surface area contributed by atoms with Gasteiger partial charge < -0.3 is 8.94 Å². The van der Waals surface area contributed by atoms with Crippen molar-refractivity contribution in [3.63, 3.8) is 0 Å². The van der Waals surface area contributed by atoms with Crippen molar-refractivity contribution < 1.29 is 17.4 Å². The molecule has 3 heterocycles. The summed E-state index contributed by atoms with van der Waals surface area (Å²) in [6.45, 7) is 2.83. The molecular weight excluding hydrogens is 330 g/mol. The summed E-state index contributed by atoms with van der Waals surface area (Å²) < 4.78 is 36.1. The van der Waals surface area contributed by atoms with Crippen molar-refractivity contribution in [2.24, 2.45) is 0 Å². The van der Waals surface area contributed by atoms with Gasteiger partial charge in [0.2, 0.25) is 10.0 Å². The first kappa shape index (κ1) is 15.5. The minimum Gasteiger partial charge on any atom is -0.448 e. The van der Waals surface area contributed by atoms with E-state index in [4.69, 9.17) is 16.0 Å². The first-order chi connectivity index (χ1) is 10.5. The second kappa shape index (κ2) is 6.41. The van der Waals surface area contributed by atoms with Crippen LogP contribution in [-0.2, 0) is 22.3 Å². The fraction of sp³-hybridized carbons (Fsp3) is 0.462. The summed E-state index contributed by atoms with van der Waals surface area (Å²) in [4.78, 5) is 2.14. The summed E-state index contributed by atoms with van der Waals surface area (Å²) in [5.41, 5.74) is 0.424. The van der Waals surface area contributed by atoms with Gasteiger partial charge in [-0.2, -0.15) is 4.31 Å². The van der Waals surface area contributed by atoms with Crippen molar-refractivity contribution in [2.75, 3.05) is 26.2 Å². The number of hydrogen-bond donors (Lipinski definition) is 0. The van der Waals surface area contributed by atoms with Crippen LogP contribution >= 0.6 is 11.6 Å². The van der Waals surface area contributed by atoms with E-state index in [0.29, 0.717) is 43.6 Å². The Bertz CT molecular complexity index is 705. The highest BCUT2D eigenvalue weighted by Gasteiger charge is 2.28. The third kappa shape index (κ3) is 3.70. The van der Waals surface area contributed by atoms with Crippen molar-refractivity contribution in [1.82, 2.24) is 14.4 Å². The summed E-state index contributed by atoms with van der Waals surface area (Å²) in [5.74, 6) is 0.654. The number of rotatable bonds is 5. The lowest BCUT2D eigenvalue weighted by Crippen LogP contribution is -2.48. The summed E-state index contributed by atoms with van der Waals surface area (Å²) in [6.07, 6.45) is 1.37. The van der Waals surface area contributed by atoms with Crippen LogP contribution in [0.2, 0.25) is 5.22 Å². The van der Waals surface area contributed by atoms with E-state index in [9.17, 15) is 8.42 Å². The molecule has 0 spiro atoms. The van der Waals surface area contributed by atoms with E-state index >= 15 is 0 Å². The Labute approximate surface area is 133 Å². The average Bonchev–Trinajstić information content (AvgIpc) is 3.11. The molecule has 3 rings (SSSR count). The molecule has 0 N–H and O–H groups in total. The molecular formula is C13H16ClN3O4S. The topological polar surface area (TPSA) is 79.8 Å². The van der Waals surface area contributed by atoms with Crippen molar-refractivity contribution in [2.45, 2.75) is 12.3 Å².